The third-order valence-corrected chi connectivity index (χ3v) is 4.49. The van der Waals surface area contributed by atoms with Crippen LogP contribution in [0.4, 0.5) is 0 Å². The minimum absolute atomic E-state index is 0.129. The minimum atomic E-state index is -0.129. The number of aliphatic hydroxyl groups is 1. The predicted molar refractivity (Wildman–Crippen MR) is 81.2 cm³/mol. The lowest BCUT2D eigenvalue weighted by atomic mass is 9.86. The van der Waals surface area contributed by atoms with Crippen LogP contribution in [0.5, 0.6) is 0 Å². The van der Waals surface area contributed by atoms with Crippen molar-refractivity contribution in [3.05, 3.63) is 35.6 Å². The Morgan fingerprint density at radius 1 is 1.29 bits per heavy atom. The van der Waals surface area contributed by atoms with Gasteiger partial charge in [-0.15, -0.1) is 0 Å². The molecule has 4 nitrogen and oxygen atoms in total. The molecule has 0 bridgehead atoms. The third-order valence-electron chi connectivity index (χ3n) is 4.49. The molecule has 1 aromatic heterocycles. The molecule has 1 aromatic carbocycles. The van der Waals surface area contributed by atoms with Gasteiger partial charge in [-0.2, -0.15) is 0 Å². The molecular weight excluding hydrogens is 266 g/mol. The van der Waals surface area contributed by atoms with E-state index in [4.69, 9.17) is 9.52 Å². The SMILES string of the molecule is Cc1c(C(=O)NC2CCC(CO)CC2)oc2ccccc12. The van der Waals surface area contributed by atoms with Crippen LogP contribution in [-0.4, -0.2) is 23.7 Å². The number of amides is 1. The first-order valence-corrected chi connectivity index (χ1v) is 7.59. The number of nitrogens with one attached hydrogen (secondary N) is 1. The lowest BCUT2D eigenvalue weighted by Crippen LogP contribution is -2.38. The molecule has 0 saturated heterocycles. The molecular formula is C17H21NO3. The molecule has 0 radical (unpaired) electrons. The molecule has 21 heavy (non-hydrogen) atoms. The molecule has 1 aliphatic carbocycles. The number of furan rings is 1. The number of carbonyl (C=O) groups is 1. The Morgan fingerprint density at radius 2 is 2.00 bits per heavy atom. The van der Waals surface area contributed by atoms with Gasteiger partial charge in [0.1, 0.15) is 5.58 Å². The van der Waals surface area contributed by atoms with Crippen molar-refractivity contribution < 1.29 is 14.3 Å². The summed E-state index contributed by atoms with van der Waals surface area (Å²) in [7, 11) is 0. The number of carbonyl (C=O) groups excluding carboxylic acids is 1. The summed E-state index contributed by atoms with van der Waals surface area (Å²) in [6.45, 7) is 2.17. The monoisotopic (exact) mass is 287 g/mol. The number of rotatable bonds is 3. The van der Waals surface area contributed by atoms with Crippen molar-refractivity contribution in [3.63, 3.8) is 0 Å². The van der Waals surface area contributed by atoms with Gasteiger partial charge < -0.3 is 14.8 Å². The van der Waals surface area contributed by atoms with Gasteiger partial charge in [-0.3, -0.25) is 4.79 Å². The maximum Gasteiger partial charge on any atom is 0.287 e. The van der Waals surface area contributed by atoms with E-state index < -0.39 is 0 Å². The van der Waals surface area contributed by atoms with E-state index in [1.807, 2.05) is 31.2 Å². The van der Waals surface area contributed by atoms with Crippen molar-refractivity contribution in [2.75, 3.05) is 6.61 Å². The molecule has 0 unspecified atom stereocenters. The Morgan fingerprint density at radius 3 is 2.67 bits per heavy atom. The number of aryl methyl sites for hydroxylation is 1. The standard InChI is InChI=1S/C17H21NO3/c1-11-14-4-2-3-5-15(14)21-16(11)17(20)18-13-8-6-12(10-19)7-9-13/h2-5,12-13,19H,6-10H2,1H3,(H,18,20). The van der Waals surface area contributed by atoms with Crippen molar-refractivity contribution in [3.8, 4) is 0 Å². The van der Waals surface area contributed by atoms with E-state index in [0.717, 1.165) is 42.2 Å². The Bertz CT molecular complexity index is 639. The van der Waals surface area contributed by atoms with Crippen molar-refractivity contribution in [2.45, 2.75) is 38.6 Å². The van der Waals surface area contributed by atoms with Crippen LogP contribution in [0, 0.1) is 12.8 Å². The van der Waals surface area contributed by atoms with E-state index in [1.165, 1.54) is 0 Å². The molecule has 1 fully saturated rings. The Balaban J connectivity index is 1.71. The Kier molecular flexibility index (Phi) is 3.97. The fourth-order valence-corrected chi connectivity index (χ4v) is 3.13. The largest absolute Gasteiger partial charge is 0.451 e. The molecule has 4 heteroatoms. The zero-order valence-electron chi connectivity index (χ0n) is 12.3. The van der Waals surface area contributed by atoms with Gasteiger partial charge in [0.25, 0.3) is 5.91 Å². The highest BCUT2D eigenvalue weighted by Crippen LogP contribution is 2.27. The van der Waals surface area contributed by atoms with E-state index in [9.17, 15) is 4.79 Å². The van der Waals surface area contributed by atoms with E-state index in [0.29, 0.717) is 11.7 Å². The predicted octanol–water partition coefficient (Wildman–Crippen LogP) is 3.02. The molecule has 1 aliphatic rings. The van der Waals surface area contributed by atoms with E-state index >= 15 is 0 Å². The Hall–Kier alpha value is -1.81. The number of fused-ring (bicyclic) bond motifs is 1. The first-order chi connectivity index (χ1) is 10.2. The average molecular weight is 287 g/mol. The van der Waals surface area contributed by atoms with Crippen LogP contribution >= 0.6 is 0 Å². The number of hydrogen-bond donors (Lipinski definition) is 2. The number of hydrogen-bond acceptors (Lipinski definition) is 3. The second-order valence-electron chi connectivity index (χ2n) is 5.93. The fraction of sp³-hybridized carbons (Fsp3) is 0.471. The molecule has 2 N–H and O–H groups in total. The molecule has 0 aliphatic heterocycles. The maximum absolute atomic E-state index is 12.4. The highest BCUT2D eigenvalue weighted by molar-refractivity contribution is 5.99. The molecule has 2 aromatic rings. The molecule has 1 saturated carbocycles. The van der Waals surface area contributed by atoms with Gasteiger partial charge in [-0.05, 0) is 44.6 Å². The quantitative estimate of drug-likeness (QED) is 0.912. The van der Waals surface area contributed by atoms with Gasteiger partial charge >= 0.3 is 0 Å². The first kappa shape index (κ1) is 14.1. The van der Waals surface area contributed by atoms with Gasteiger partial charge in [0.05, 0.1) is 0 Å². The zero-order chi connectivity index (χ0) is 14.8. The van der Waals surface area contributed by atoms with E-state index in [1.54, 1.807) is 0 Å². The highest BCUT2D eigenvalue weighted by atomic mass is 16.3. The molecule has 3 rings (SSSR count). The number of benzene rings is 1. The molecule has 112 valence electrons. The lowest BCUT2D eigenvalue weighted by Gasteiger charge is -2.27. The number of para-hydroxylation sites is 1. The van der Waals surface area contributed by atoms with Crippen LogP contribution < -0.4 is 5.32 Å². The van der Waals surface area contributed by atoms with Gasteiger partial charge in [-0.25, -0.2) is 0 Å². The topological polar surface area (TPSA) is 62.5 Å². The fourth-order valence-electron chi connectivity index (χ4n) is 3.13. The second kappa shape index (κ2) is 5.90. The van der Waals surface area contributed by atoms with Crippen LogP contribution in [0.3, 0.4) is 0 Å². The molecule has 1 heterocycles. The van der Waals surface area contributed by atoms with Gasteiger partial charge in [-0.1, -0.05) is 18.2 Å². The van der Waals surface area contributed by atoms with Gasteiger partial charge in [0.2, 0.25) is 0 Å². The van der Waals surface area contributed by atoms with E-state index in [2.05, 4.69) is 5.32 Å². The highest BCUT2D eigenvalue weighted by Gasteiger charge is 2.24. The van der Waals surface area contributed by atoms with Crippen LogP contribution in [0.1, 0.15) is 41.8 Å². The van der Waals surface area contributed by atoms with Crippen molar-refractivity contribution in [2.24, 2.45) is 5.92 Å². The summed E-state index contributed by atoms with van der Waals surface area (Å²) in [6, 6.07) is 7.89. The molecule has 0 atom stereocenters. The van der Waals surface area contributed by atoms with Crippen LogP contribution in [0.25, 0.3) is 11.0 Å². The van der Waals surface area contributed by atoms with E-state index in [-0.39, 0.29) is 18.6 Å². The smallest absolute Gasteiger partial charge is 0.287 e. The summed E-state index contributed by atoms with van der Waals surface area (Å²) >= 11 is 0. The van der Waals surface area contributed by atoms with Gasteiger partial charge in [0, 0.05) is 23.6 Å². The minimum Gasteiger partial charge on any atom is -0.451 e. The Labute approximate surface area is 124 Å². The summed E-state index contributed by atoms with van der Waals surface area (Å²) in [4.78, 5) is 12.4. The second-order valence-corrected chi connectivity index (χ2v) is 5.93. The van der Waals surface area contributed by atoms with Gasteiger partial charge in [0.15, 0.2) is 5.76 Å². The lowest BCUT2D eigenvalue weighted by molar-refractivity contribution is 0.0887. The summed E-state index contributed by atoms with van der Waals surface area (Å²) < 4.78 is 5.69. The summed E-state index contributed by atoms with van der Waals surface area (Å²) in [5, 5.41) is 13.2. The number of aliphatic hydroxyl groups excluding tert-OH is 1. The van der Waals surface area contributed by atoms with Crippen molar-refractivity contribution in [1.82, 2.24) is 5.32 Å². The van der Waals surface area contributed by atoms with Crippen molar-refractivity contribution >= 4 is 16.9 Å². The average Bonchev–Trinajstić information content (AvgIpc) is 2.86. The molecule has 0 spiro atoms. The zero-order valence-corrected chi connectivity index (χ0v) is 12.3. The van der Waals surface area contributed by atoms with Crippen LogP contribution in [-0.2, 0) is 0 Å². The molecule has 1 amide bonds. The van der Waals surface area contributed by atoms with Crippen LogP contribution in [0.2, 0.25) is 0 Å². The summed E-state index contributed by atoms with van der Waals surface area (Å²) in [6.07, 6.45) is 3.80. The van der Waals surface area contributed by atoms with Crippen LogP contribution in [0.15, 0.2) is 28.7 Å². The summed E-state index contributed by atoms with van der Waals surface area (Å²) in [5.41, 5.74) is 1.65. The third kappa shape index (κ3) is 2.81. The normalized spacial score (nSPS) is 22.4. The first-order valence-electron chi connectivity index (χ1n) is 7.59. The maximum atomic E-state index is 12.4. The summed E-state index contributed by atoms with van der Waals surface area (Å²) in [5.74, 6) is 0.683. The van der Waals surface area contributed by atoms with Crippen molar-refractivity contribution in [1.29, 1.82) is 0 Å².